The molecule has 0 radical (unpaired) electrons. The zero-order valence-corrected chi connectivity index (χ0v) is 8.02. The van der Waals surface area contributed by atoms with E-state index in [0.29, 0.717) is 5.76 Å². The van der Waals surface area contributed by atoms with E-state index in [1.54, 1.807) is 19.1 Å². The fourth-order valence-electron chi connectivity index (χ4n) is 0.934. The summed E-state index contributed by atoms with van der Waals surface area (Å²) in [5.41, 5.74) is 0. The number of furan rings is 1. The van der Waals surface area contributed by atoms with Crippen LogP contribution in [-0.2, 0) is 0 Å². The number of aliphatic hydroxyl groups is 1. The maximum absolute atomic E-state index is 9.15. The van der Waals surface area contributed by atoms with Crippen molar-refractivity contribution in [1.29, 1.82) is 0 Å². The summed E-state index contributed by atoms with van der Waals surface area (Å²) in [6.45, 7) is 1.55. The maximum atomic E-state index is 9.15. The van der Waals surface area contributed by atoms with Crippen LogP contribution < -0.4 is 0 Å². The van der Waals surface area contributed by atoms with Crippen LogP contribution in [-0.4, -0.2) is 15.2 Å². The molecule has 0 amide bonds. The van der Waals surface area contributed by atoms with Crippen LogP contribution in [0.25, 0.3) is 11.7 Å². The van der Waals surface area contributed by atoms with Crippen molar-refractivity contribution < 1.29 is 14.0 Å². The molecule has 0 aliphatic carbocycles. The van der Waals surface area contributed by atoms with E-state index in [1.165, 1.54) is 0 Å². The Morgan fingerprint density at radius 1 is 1.50 bits per heavy atom. The summed E-state index contributed by atoms with van der Waals surface area (Å²) in [7, 11) is 0. The van der Waals surface area contributed by atoms with Gasteiger partial charge in [0.05, 0.1) is 0 Å². The molecule has 2 heterocycles. The van der Waals surface area contributed by atoms with Crippen molar-refractivity contribution >= 4 is 11.6 Å². The Morgan fingerprint density at radius 2 is 2.29 bits per heavy atom. The molecule has 0 spiro atoms. The second kappa shape index (κ2) is 3.43. The van der Waals surface area contributed by atoms with Gasteiger partial charge in [-0.25, -0.2) is 0 Å². The monoisotopic (exact) mass is 214 g/mol. The van der Waals surface area contributed by atoms with Gasteiger partial charge in [0, 0.05) is 0 Å². The molecule has 2 aromatic heterocycles. The lowest BCUT2D eigenvalue weighted by Crippen LogP contribution is -1.92. The van der Waals surface area contributed by atoms with Gasteiger partial charge >= 0.3 is 0 Å². The first-order chi connectivity index (χ1) is 6.66. The molecule has 2 rings (SSSR count). The van der Waals surface area contributed by atoms with Crippen molar-refractivity contribution in [3.63, 3.8) is 0 Å². The van der Waals surface area contributed by atoms with E-state index in [-0.39, 0.29) is 16.9 Å². The zero-order valence-electron chi connectivity index (χ0n) is 7.27. The molecular weight excluding hydrogens is 208 g/mol. The molecule has 0 aromatic carbocycles. The third-order valence-corrected chi connectivity index (χ3v) is 1.80. The van der Waals surface area contributed by atoms with Crippen molar-refractivity contribution in [3.8, 4) is 11.7 Å². The van der Waals surface area contributed by atoms with Gasteiger partial charge < -0.3 is 14.0 Å². The molecule has 0 saturated heterocycles. The Balaban J connectivity index is 2.33. The summed E-state index contributed by atoms with van der Waals surface area (Å²) in [5, 5.41) is 13.0. The quantitative estimate of drug-likeness (QED) is 0.828. The van der Waals surface area contributed by atoms with Crippen LogP contribution in [0.4, 0.5) is 0 Å². The summed E-state index contributed by atoms with van der Waals surface area (Å²) < 4.78 is 9.90. The van der Waals surface area contributed by atoms with E-state index in [4.69, 9.17) is 25.6 Å². The van der Waals surface area contributed by atoms with Gasteiger partial charge in [0.25, 0.3) is 5.89 Å². The lowest BCUT2D eigenvalue weighted by Gasteiger charge is -1.91. The Morgan fingerprint density at radius 3 is 2.79 bits per heavy atom. The number of aromatic nitrogens is 2. The number of hydrogen-bond acceptors (Lipinski definition) is 5. The van der Waals surface area contributed by atoms with Gasteiger partial charge in [-0.05, 0) is 30.7 Å². The molecule has 0 aliphatic heterocycles. The topological polar surface area (TPSA) is 72.3 Å². The van der Waals surface area contributed by atoms with E-state index in [9.17, 15) is 0 Å². The summed E-state index contributed by atoms with van der Waals surface area (Å²) in [4.78, 5) is 3.91. The molecule has 1 atom stereocenters. The largest absolute Gasteiger partial charge is 0.440 e. The van der Waals surface area contributed by atoms with Crippen LogP contribution in [0.15, 0.2) is 21.1 Å². The third-order valence-electron chi connectivity index (χ3n) is 1.60. The second-order valence-electron chi connectivity index (χ2n) is 2.74. The first-order valence-corrected chi connectivity index (χ1v) is 4.32. The van der Waals surface area contributed by atoms with Gasteiger partial charge in [0.15, 0.2) is 11.0 Å². The first-order valence-electron chi connectivity index (χ1n) is 3.94. The SMILES string of the molecule is CC(O)c1noc(-c2ccc(Cl)o2)n1. The minimum Gasteiger partial charge on any atom is -0.440 e. The first kappa shape index (κ1) is 9.23. The lowest BCUT2D eigenvalue weighted by molar-refractivity contribution is 0.184. The summed E-state index contributed by atoms with van der Waals surface area (Å²) in [6.07, 6.45) is -0.766. The minimum atomic E-state index is -0.766. The van der Waals surface area contributed by atoms with E-state index in [0.717, 1.165) is 0 Å². The maximum Gasteiger partial charge on any atom is 0.293 e. The van der Waals surface area contributed by atoms with Crippen LogP contribution in [0.2, 0.25) is 5.22 Å². The van der Waals surface area contributed by atoms with Crippen LogP contribution in [0.3, 0.4) is 0 Å². The fourth-order valence-corrected chi connectivity index (χ4v) is 1.08. The van der Waals surface area contributed by atoms with E-state index < -0.39 is 6.10 Å². The van der Waals surface area contributed by atoms with Crippen LogP contribution in [0.1, 0.15) is 18.9 Å². The Hall–Kier alpha value is -1.33. The molecule has 14 heavy (non-hydrogen) atoms. The Kier molecular flexibility index (Phi) is 2.26. The van der Waals surface area contributed by atoms with E-state index in [2.05, 4.69) is 10.1 Å². The highest BCUT2D eigenvalue weighted by Crippen LogP contribution is 2.23. The standard InChI is InChI=1S/C8H7ClN2O3/c1-4(12)7-10-8(14-11-7)5-2-3-6(9)13-5/h2-4,12H,1H3. The van der Waals surface area contributed by atoms with Gasteiger partial charge in [-0.2, -0.15) is 4.98 Å². The lowest BCUT2D eigenvalue weighted by atomic mass is 10.4. The molecule has 0 fully saturated rings. The normalized spacial score (nSPS) is 13.1. The van der Waals surface area contributed by atoms with Crippen molar-refractivity contribution in [2.75, 3.05) is 0 Å². The molecular formula is C8H7ClN2O3. The number of rotatable bonds is 2. The number of halogens is 1. The van der Waals surface area contributed by atoms with Gasteiger partial charge in [-0.3, -0.25) is 0 Å². The molecule has 1 unspecified atom stereocenters. The molecule has 1 N–H and O–H groups in total. The van der Waals surface area contributed by atoms with Crippen molar-refractivity contribution in [1.82, 2.24) is 10.1 Å². The van der Waals surface area contributed by atoms with Gasteiger partial charge in [0.1, 0.15) is 6.10 Å². The highest BCUT2D eigenvalue weighted by atomic mass is 35.5. The third kappa shape index (κ3) is 1.64. The molecule has 74 valence electrons. The van der Waals surface area contributed by atoms with Gasteiger partial charge in [0.2, 0.25) is 5.82 Å². The Bertz CT molecular complexity index is 435. The van der Waals surface area contributed by atoms with Crippen LogP contribution in [0.5, 0.6) is 0 Å². The van der Waals surface area contributed by atoms with Crippen LogP contribution in [0, 0.1) is 0 Å². The average Bonchev–Trinajstić information content (AvgIpc) is 2.70. The molecule has 0 saturated carbocycles. The van der Waals surface area contributed by atoms with Crippen molar-refractivity contribution in [3.05, 3.63) is 23.2 Å². The predicted octanol–water partition coefficient (Wildman–Crippen LogP) is 2.04. The molecule has 0 aliphatic rings. The highest BCUT2D eigenvalue weighted by Gasteiger charge is 2.14. The smallest absolute Gasteiger partial charge is 0.293 e. The van der Waals surface area contributed by atoms with E-state index in [1.807, 2.05) is 0 Å². The number of aliphatic hydroxyl groups excluding tert-OH is 1. The Labute approximate surface area is 84.3 Å². The predicted molar refractivity (Wildman–Crippen MR) is 47.6 cm³/mol. The molecule has 5 nitrogen and oxygen atoms in total. The summed E-state index contributed by atoms with van der Waals surface area (Å²) in [6, 6.07) is 3.19. The van der Waals surface area contributed by atoms with Crippen LogP contribution >= 0.6 is 11.6 Å². The van der Waals surface area contributed by atoms with Gasteiger partial charge in [-0.1, -0.05) is 5.16 Å². The second-order valence-corrected chi connectivity index (χ2v) is 3.11. The zero-order chi connectivity index (χ0) is 10.1. The van der Waals surface area contributed by atoms with E-state index >= 15 is 0 Å². The minimum absolute atomic E-state index is 0.202. The molecule has 2 aromatic rings. The van der Waals surface area contributed by atoms with Gasteiger partial charge in [-0.15, -0.1) is 0 Å². The fraction of sp³-hybridized carbons (Fsp3) is 0.250. The molecule has 0 bridgehead atoms. The van der Waals surface area contributed by atoms with Crippen molar-refractivity contribution in [2.45, 2.75) is 13.0 Å². The highest BCUT2D eigenvalue weighted by molar-refractivity contribution is 6.28. The average molecular weight is 215 g/mol. The van der Waals surface area contributed by atoms with Crippen molar-refractivity contribution in [2.24, 2.45) is 0 Å². The molecule has 6 heteroatoms. The number of hydrogen-bond donors (Lipinski definition) is 1. The summed E-state index contributed by atoms with van der Waals surface area (Å²) >= 11 is 5.57. The summed E-state index contributed by atoms with van der Waals surface area (Å²) in [5.74, 6) is 0.801. The number of nitrogens with zero attached hydrogens (tertiary/aromatic N) is 2.